The molecule has 1 aromatic heterocycles. The molecule has 49 heavy (non-hydrogen) atoms. The molecule has 2 heteroatoms. The number of hydrogen-bond acceptors (Lipinski definition) is 2. The first-order chi connectivity index (χ1) is 24.3. The van der Waals surface area contributed by atoms with Crippen LogP contribution >= 0.6 is 0 Å². The first-order valence-electron chi connectivity index (χ1n) is 16.9. The molecule has 8 aromatic carbocycles. The molecule has 0 N–H and O–H groups in total. The fourth-order valence-corrected chi connectivity index (χ4v) is 8.37. The van der Waals surface area contributed by atoms with E-state index >= 15 is 0 Å². The molecule has 0 spiro atoms. The summed E-state index contributed by atoms with van der Waals surface area (Å²) in [7, 11) is 0. The van der Waals surface area contributed by atoms with Gasteiger partial charge in [0, 0.05) is 16.2 Å². The number of hydrogen-bond donors (Lipinski definition) is 0. The van der Waals surface area contributed by atoms with Crippen LogP contribution in [-0.4, -0.2) is 0 Å². The number of nitrogens with zero attached hydrogens (tertiary/aromatic N) is 1. The Bertz CT molecular complexity index is 2630. The Balaban J connectivity index is 1.36. The van der Waals surface area contributed by atoms with E-state index in [0.29, 0.717) is 0 Å². The van der Waals surface area contributed by atoms with Crippen LogP contribution < -0.4 is 4.90 Å². The van der Waals surface area contributed by atoms with Gasteiger partial charge in [-0.15, -0.1) is 0 Å². The van der Waals surface area contributed by atoms with E-state index in [4.69, 9.17) is 4.42 Å². The molecule has 1 aliphatic rings. The average molecular weight is 626 g/mol. The van der Waals surface area contributed by atoms with Crippen LogP contribution in [0.25, 0.3) is 43.8 Å². The molecule has 2 nitrogen and oxygen atoms in total. The third-order valence-electron chi connectivity index (χ3n) is 10.3. The van der Waals surface area contributed by atoms with Crippen LogP contribution in [0, 0.1) is 0 Å². The number of anilines is 3. The lowest BCUT2D eigenvalue weighted by Gasteiger charge is -2.38. The summed E-state index contributed by atoms with van der Waals surface area (Å²) < 4.78 is 6.77. The number of benzene rings is 8. The zero-order valence-electron chi connectivity index (χ0n) is 26.8. The lowest BCUT2D eigenvalue weighted by atomic mass is 9.67. The van der Waals surface area contributed by atoms with Gasteiger partial charge >= 0.3 is 0 Å². The van der Waals surface area contributed by atoms with Gasteiger partial charge < -0.3 is 9.32 Å². The van der Waals surface area contributed by atoms with E-state index in [0.717, 1.165) is 39.0 Å². The molecule has 1 heterocycles. The zero-order valence-corrected chi connectivity index (χ0v) is 26.8. The maximum atomic E-state index is 6.77. The quantitative estimate of drug-likeness (QED) is 0.189. The van der Waals surface area contributed by atoms with Crippen LogP contribution in [0.4, 0.5) is 17.1 Å². The normalized spacial score (nSPS) is 13.1. The van der Waals surface area contributed by atoms with Gasteiger partial charge in [0.2, 0.25) is 0 Å². The van der Waals surface area contributed by atoms with Crippen molar-refractivity contribution in [3.63, 3.8) is 0 Å². The van der Waals surface area contributed by atoms with E-state index in [1.54, 1.807) is 0 Å². The van der Waals surface area contributed by atoms with Gasteiger partial charge in [-0.2, -0.15) is 0 Å². The maximum Gasteiger partial charge on any atom is 0.159 e. The minimum absolute atomic E-state index is 0.574. The van der Waals surface area contributed by atoms with Crippen LogP contribution in [0.1, 0.15) is 22.3 Å². The van der Waals surface area contributed by atoms with Crippen LogP contribution in [0.2, 0.25) is 0 Å². The van der Waals surface area contributed by atoms with Crippen molar-refractivity contribution < 1.29 is 4.42 Å². The largest absolute Gasteiger partial charge is 0.454 e. The highest BCUT2D eigenvalue weighted by atomic mass is 16.3. The molecule has 0 unspecified atom stereocenters. The van der Waals surface area contributed by atoms with Crippen molar-refractivity contribution in [1.82, 2.24) is 0 Å². The smallest absolute Gasteiger partial charge is 0.159 e. The van der Waals surface area contributed by atoms with Crippen molar-refractivity contribution in [2.45, 2.75) is 5.41 Å². The minimum atomic E-state index is -0.574. The van der Waals surface area contributed by atoms with Crippen LogP contribution in [0.5, 0.6) is 0 Å². The summed E-state index contributed by atoms with van der Waals surface area (Å²) in [6, 6.07) is 68.0. The van der Waals surface area contributed by atoms with Crippen molar-refractivity contribution in [2.24, 2.45) is 0 Å². The first-order valence-corrected chi connectivity index (χ1v) is 16.9. The van der Waals surface area contributed by atoms with Crippen LogP contribution in [-0.2, 0) is 5.41 Å². The molecule has 9 aromatic rings. The standard InChI is InChI=1S/C47H31NO/c1-2-18-33(19-3-1)47(39-25-9-6-21-35(39)36-22-7-10-26-40(36)47)41-27-11-12-28-43(41)48(42-29-14-17-32-16-4-5-20-34(32)42)44-30-15-24-38-37-23-8-13-31-45(37)49-46(38)44/h1-31H. The summed E-state index contributed by atoms with van der Waals surface area (Å²) in [5, 5.41) is 4.58. The third-order valence-corrected chi connectivity index (χ3v) is 10.3. The third kappa shape index (κ3) is 3.95. The Kier molecular flexibility index (Phi) is 6.13. The van der Waals surface area contributed by atoms with E-state index in [9.17, 15) is 0 Å². The van der Waals surface area contributed by atoms with Gasteiger partial charge in [0.05, 0.1) is 22.5 Å². The lowest BCUT2D eigenvalue weighted by molar-refractivity contribution is 0.669. The number of furan rings is 1. The average Bonchev–Trinajstić information content (AvgIpc) is 3.70. The maximum absolute atomic E-state index is 6.77. The predicted molar refractivity (Wildman–Crippen MR) is 203 cm³/mol. The second-order valence-electron chi connectivity index (χ2n) is 12.8. The molecule has 0 atom stereocenters. The molecule has 0 aliphatic heterocycles. The predicted octanol–water partition coefficient (Wildman–Crippen LogP) is 12.6. The summed E-state index contributed by atoms with van der Waals surface area (Å²) in [6.45, 7) is 0. The summed E-state index contributed by atoms with van der Waals surface area (Å²) in [4.78, 5) is 2.44. The molecule has 1 aliphatic carbocycles. The van der Waals surface area contributed by atoms with Gasteiger partial charge in [-0.05, 0) is 63.0 Å². The van der Waals surface area contributed by atoms with Crippen molar-refractivity contribution in [3.8, 4) is 11.1 Å². The highest BCUT2D eigenvalue weighted by Gasteiger charge is 2.47. The Morgan fingerprint density at radius 2 is 0.898 bits per heavy atom. The molecule has 0 saturated heterocycles. The van der Waals surface area contributed by atoms with E-state index in [-0.39, 0.29) is 0 Å². The molecule has 230 valence electrons. The van der Waals surface area contributed by atoms with Gasteiger partial charge in [-0.3, -0.25) is 0 Å². The molecule has 10 rings (SSSR count). The topological polar surface area (TPSA) is 16.4 Å². The molecule has 0 saturated carbocycles. The Labute approximate surface area is 285 Å². The van der Waals surface area contributed by atoms with Gasteiger partial charge in [0.25, 0.3) is 0 Å². The Morgan fingerprint density at radius 1 is 0.367 bits per heavy atom. The first kappa shape index (κ1) is 27.7. The van der Waals surface area contributed by atoms with E-state index in [2.05, 4.69) is 187 Å². The summed E-state index contributed by atoms with van der Waals surface area (Å²) in [5.41, 5.74) is 11.9. The second kappa shape index (κ2) is 10.8. The SMILES string of the molecule is c1ccc(C2(c3ccccc3N(c3cccc4ccccc34)c3cccc4c3oc3ccccc34)c3ccccc3-c3ccccc32)cc1. The summed E-state index contributed by atoms with van der Waals surface area (Å²) in [6.07, 6.45) is 0. The van der Waals surface area contributed by atoms with Crippen LogP contribution in [0.3, 0.4) is 0 Å². The molecule has 0 radical (unpaired) electrons. The van der Waals surface area contributed by atoms with Crippen molar-refractivity contribution >= 4 is 49.8 Å². The Morgan fingerprint density at radius 3 is 1.69 bits per heavy atom. The van der Waals surface area contributed by atoms with Gasteiger partial charge in [-0.1, -0.05) is 164 Å². The molecule has 0 fully saturated rings. The summed E-state index contributed by atoms with van der Waals surface area (Å²) >= 11 is 0. The molecule has 0 amide bonds. The number of fused-ring (bicyclic) bond motifs is 7. The highest BCUT2D eigenvalue weighted by molar-refractivity contribution is 6.12. The summed E-state index contributed by atoms with van der Waals surface area (Å²) in [5.74, 6) is 0. The van der Waals surface area contributed by atoms with E-state index in [1.165, 1.54) is 44.2 Å². The van der Waals surface area contributed by atoms with E-state index < -0.39 is 5.41 Å². The zero-order chi connectivity index (χ0) is 32.4. The monoisotopic (exact) mass is 625 g/mol. The van der Waals surface area contributed by atoms with Gasteiger partial charge in [-0.25, -0.2) is 0 Å². The molecule has 0 bridgehead atoms. The number of para-hydroxylation sites is 3. The van der Waals surface area contributed by atoms with Crippen molar-refractivity contribution in [3.05, 3.63) is 210 Å². The Hall–Kier alpha value is -6.38. The minimum Gasteiger partial charge on any atom is -0.454 e. The highest BCUT2D eigenvalue weighted by Crippen LogP contribution is 2.59. The van der Waals surface area contributed by atoms with Crippen LogP contribution in [0.15, 0.2) is 192 Å². The fourth-order valence-electron chi connectivity index (χ4n) is 8.37. The molecular weight excluding hydrogens is 595 g/mol. The molecular formula is C47H31NO. The number of rotatable bonds is 5. The fraction of sp³-hybridized carbons (Fsp3) is 0.0213. The van der Waals surface area contributed by atoms with E-state index in [1.807, 2.05) is 6.07 Å². The van der Waals surface area contributed by atoms with Gasteiger partial charge in [0.15, 0.2) is 5.58 Å². The van der Waals surface area contributed by atoms with Gasteiger partial charge in [0.1, 0.15) is 5.58 Å². The second-order valence-corrected chi connectivity index (χ2v) is 12.8. The van der Waals surface area contributed by atoms with Crippen molar-refractivity contribution in [2.75, 3.05) is 4.90 Å². The lowest BCUT2D eigenvalue weighted by Crippen LogP contribution is -2.30. The van der Waals surface area contributed by atoms with Crippen molar-refractivity contribution in [1.29, 1.82) is 0 Å².